The molecule has 0 amide bonds. The average Bonchev–Trinajstić information content (AvgIpc) is 2.51. The summed E-state index contributed by atoms with van der Waals surface area (Å²) >= 11 is 0. The fourth-order valence-electron chi connectivity index (χ4n) is 1.41. The first-order valence-corrected chi connectivity index (χ1v) is 5.95. The molecule has 3 unspecified atom stereocenters. The lowest BCUT2D eigenvalue weighted by Gasteiger charge is -2.39. The van der Waals surface area contributed by atoms with E-state index in [1.807, 2.05) is 0 Å². The third-order valence-electron chi connectivity index (χ3n) is 3.04. The maximum atomic E-state index is 13.1. The Bertz CT molecular complexity index is 551. The van der Waals surface area contributed by atoms with E-state index in [9.17, 15) is 70.7 Å². The van der Waals surface area contributed by atoms with E-state index in [1.54, 1.807) is 0 Å². The molecule has 170 valence electrons. The van der Waals surface area contributed by atoms with Gasteiger partial charge in [-0.1, -0.05) is 0 Å². The highest BCUT2D eigenvalue weighted by atomic mass is 19.4. The Morgan fingerprint density at radius 2 is 1.00 bits per heavy atom. The van der Waals surface area contributed by atoms with Crippen LogP contribution in [0.4, 0.5) is 65.9 Å². The summed E-state index contributed by atoms with van der Waals surface area (Å²) in [5.74, 6) is -42.7. The summed E-state index contributed by atoms with van der Waals surface area (Å²) in [6.07, 6.45) is -19.9. The first kappa shape index (κ1) is 28.6. The van der Waals surface area contributed by atoms with Crippen LogP contribution in [0.5, 0.6) is 0 Å². The minimum Gasteiger partial charge on any atom is -0.477 e. The van der Waals surface area contributed by atoms with E-state index in [0.29, 0.717) is 0 Å². The largest absolute Gasteiger partial charge is 0.477 e. The van der Waals surface area contributed by atoms with E-state index >= 15 is 0 Å². The van der Waals surface area contributed by atoms with Crippen molar-refractivity contribution in [3.63, 3.8) is 0 Å². The zero-order valence-electron chi connectivity index (χ0n) is 12.5. The Morgan fingerprint density at radius 1 is 0.643 bits per heavy atom. The van der Waals surface area contributed by atoms with Gasteiger partial charge in [0.15, 0.2) is 12.3 Å². The van der Waals surface area contributed by atoms with Crippen LogP contribution in [0, 0.1) is 0 Å². The van der Waals surface area contributed by atoms with E-state index in [1.165, 1.54) is 0 Å². The SMILES string of the molecule is N.O=C(O)C(F)(F)C(F)(F)C(F)(F)C(F)(F)C(F)(F)C(F)C(F)C(F)C(F)F. The maximum absolute atomic E-state index is 13.1. The van der Waals surface area contributed by atoms with Gasteiger partial charge in [0.2, 0.25) is 6.17 Å². The van der Waals surface area contributed by atoms with Gasteiger partial charge < -0.3 is 11.3 Å². The summed E-state index contributed by atoms with van der Waals surface area (Å²) in [5.41, 5.74) is 0. The molecule has 0 fully saturated rings. The van der Waals surface area contributed by atoms with Crippen molar-refractivity contribution in [1.29, 1.82) is 0 Å². The van der Waals surface area contributed by atoms with E-state index in [2.05, 4.69) is 0 Å². The second kappa shape index (κ2) is 8.02. The van der Waals surface area contributed by atoms with E-state index in [0.717, 1.165) is 0 Å². The molecule has 3 atom stereocenters. The molecule has 0 aliphatic rings. The summed E-state index contributed by atoms with van der Waals surface area (Å²) in [4.78, 5) is 9.83. The lowest BCUT2D eigenvalue weighted by atomic mass is 9.90. The molecule has 18 heteroatoms. The number of alkyl halides is 15. The summed E-state index contributed by atoms with van der Waals surface area (Å²) in [7, 11) is 0. The van der Waals surface area contributed by atoms with Crippen molar-refractivity contribution in [2.75, 3.05) is 0 Å². The molecule has 0 spiro atoms. The molecule has 28 heavy (non-hydrogen) atoms. The topological polar surface area (TPSA) is 72.3 Å². The van der Waals surface area contributed by atoms with Crippen molar-refractivity contribution in [2.24, 2.45) is 0 Å². The van der Waals surface area contributed by atoms with Gasteiger partial charge in [0, 0.05) is 0 Å². The average molecular weight is 459 g/mol. The molecule has 0 heterocycles. The molecule has 0 aromatic rings. The van der Waals surface area contributed by atoms with Crippen molar-refractivity contribution in [3.05, 3.63) is 0 Å². The van der Waals surface area contributed by atoms with E-state index < -0.39 is 60.5 Å². The first-order chi connectivity index (χ1) is 11.6. The molecule has 0 aromatic heterocycles. The first-order valence-electron chi connectivity index (χ1n) is 5.95. The highest BCUT2D eigenvalue weighted by Crippen LogP contribution is 2.58. The highest BCUT2D eigenvalue weighted by molar-refractivity contribution is 5.77. The van der Waals surface area contributed by atoms with Gasteiger partial charge in [-0.2, -0.15) is 43.9 Å². The van der Waals surface area contributed by atoms with Gasteiger partial charge >= 0.3 is 35.6 Å². The van der Waals surface area contributed by atoms with Gasteiger partial charge in [0.05, 0.1) is 0 Å². The second-order valence-electron chi connectivity index (χ2n) is 4.85. The number of hydrogen-bond acceptors (Lipinski definition) is 2. The van der Waals surface area contributed by atoms with Gasteiger partial charge in [-0.25, -0.2) is 26.7 Å². The highest BCUT2D eigenvalue weighted by Gasteiger charge is 2.89. The van der Waals surface area contributed by atoms with Gasteiger partial charge in [0.25, 0.3) is 6.43 Å². The van der Waals surface area contributed by atoms with Crippen molar-refractivity contribution >= 4 is 5.97 Å². The van der Waals surface area contributed by atoms with Crippen LogP contribution in [-0.4, -0.2) is 65.6 Å². The molecule has 4 N–H and O–H groups in total. The normalized spacial score (nSPS) is 17.7. The Balaban J connectivity index is 0. The Kier molecular flexibility index (Phi) is 8.18. The standard InChI is InChI=1S/C10H5F15O2.H3N/c11-1(2(12)4(14)15)3(13)6(16,17)8(20,21)10(24,25)9(22,23)7(18,19)5(26)27;/h1-4H,(H,26,27);1H3. The predicted molar refractivity (Wildman–Crippen MR) is 58.1 cm³/mol. The summed E-state index contributed by atoms with van der Waals surface area (Å²) in [6, 6.07) is 0. The molecule has 0 radical (unpaired) electrons. The predicted octanol–water partition coefficient (Wildman–Crippen LogP) is 4.69. The number of aliphatic carboxylic acids is 1. The van der Waals surface area contributed by atoms with Crippen LogP contribution < -0.4 is 6.15 Å². The summed E-state index contributed by atoms with van der Waals surface area (Å²) in [6.45, 7) is 0. The van der Waals surface area contributed by atoms with Gasteiger partial charge in [0.1, 0.15) is 0 Å². The van der Waals surface area contributed by atoms with Crippen LogP contribution in [0.1, 0.15) is 0 Å². The third kappa shape index (κ3) is 3.91. The number of carboxylic acid groups (broad SMARTS) is 1. The maximum Gasteiger partial charge on any atom is 0.410 e. The van der Waals surface area contributed by atoms with Crippen molar-refractivity contribution in [1.82, 2.24) is 6.15 Å². The van der Waals surface area contributed by atoms with Crippen LogP contribution in [0.2, 0.25) is 0 Å². The molecule has 0 saturated heterocycles. The van der Waals surface area contributed by atoms with E-state index in [4.69, 9.17) is 5.11 Å². The summed E-state index contributed by atoms with van der Waals surface area (Å²) < 4.78 is 191. The second-order valence-corrected chi connectivity index (χ2v) is 4.85. The van der Waals surface area contributed by atoms with Crippen LogP contribution in [-0.2, 0) is 4.79 Å². The number of rotatable bonds is 9. The molecule has 0 aliphatic carbocycles. The zero-order valence-corrected chi connectivity index (χ0v) is 12.5. The Hall–Kier alpha value is -1.62. The van der Waals surface area contributed by atoms with Crippen molar-refractivity contribution in [3.8, 4) is 0 Å². The molecule has 0 aromatic carbocycles. The van der Waals surface area contributed by atoms with Crippen molar-refractivity contribution < 1.29 is 75.8 Å². The number of carboxylic acids is 1. The van der Waals surface area contributed by atoms with Gasteiger partial charge in [-0.3, -0.25) is 0 Å². The van der Waals surface area contributed by atoms with Gasteiger partial charge in [-0.05, 0) is 0 Å². The lowest BCUT2D eigenvalue weighted by molar-refractivity contribution is -0.405. The van der Waals surface area contributed by atoms with Crippen LogP contribution in [0.25, 0.3) is 0 Å². The molecular formula is C10H8F15NO2. The van der Waals surface area contributed by atoms with Crippen LogP contribution >= 0.6 is 0 Å². The van der Waals surface area contributed by atoms with E-state index in [-0.39, 0.29) is 6.15 Å². The van der Waals surface area contributed by atoms with Gasteiger partial charge in [-0.15, -0.1) is 0 Å². The quantitative estimate of drug-likeness (QED) is 0.492. The summed E-state index contributed by atoms with van der Waals surface area (Å²) in [5, 5.41) is 7.68. The molecule has 0 saturated carbocycles. The van der Waals surface area contributed by atoms with Crippen LogP contribution in [0.3, 0.4) is 0 Å². The minimum atomic E-state index is -8.08. The lowest BCUT2D eigenvalue weighted by Crippen LogP contribution is -2.71. The third-order valence-corrected chi connectivity index (χ3v) is 3.04. The number of hydrogen-bond donors (Lipinski definition) is 2. The van der Waals surface area contributed by atoms with Crippen LogP contribution in [0.15, 0.2) is 0 Å². The monoisotopic (exact) mass is 459 g/mol. The molecule has 0 aliphatic heterocycles. The fraction of sp³-hybridized carbons (Fsp3) is 0.900. The number of halogens is 15. The molecular weight excluding hydrogens is 451 g/mol. The molecule has 0 bridgehead atoms. The Morgan fingerprint density at radius 3 is 1.29 bits per heavy atom. The van der Waals surface area contributed by atoms with Crippen molar-refractivity contribution in [2.45, 2.75) is 54.6 Å². The minimum absolute atomic E-state index is 0. The Labute approximate surface area is 144 Å². The molecule has 0 rings (SSSR count). The number of carbonyl (C=O) groups is 1. The fourth-order valence-corrected chi connectivity index (χ4v) is 1.41. The zero-order chi connectivity index (χ0) is 22.4. The molecule has 3 nitrogen and oxygen atoms in total. The smallest absolute Gasteiger partial charge is 0.410 e.